The highest BCUT2D eigenvalue weighted by atomic mass is 16.5. The lowest BCUT2D eigenvalue weighted by atomic mass is 10.1. The fraction of sp³-hybridized carbons (Fsp3) is 1.00. The SMILES string of the molecule is NCCC1CCC(CCN)O1. The van der Waals surface area contributed by atoms with E-state index >= 15 is 0 Å². The molecule has 2 unspecified atom stereocenters. The molecule has 0 spiro atoms. The van der Waals surface area contributed by atoms with Crippen LogP contribution in [0, 0.1) is 0 Å². The average molecular weight is 158 g/mol. The third-order valence-electron chi connectivity index (χ3n) is 2.17. The van der Waals surface area contributed by atoms with E-state index in [2.05, 4.69) is 0 Å². The average Bonchev–Trinajstić information content (AvgIpc) is 2.38. The summed E-state index contributed by atoms with van der Waals surface area (Å²) in [5, 5.41) is 0. The molecule has 66 valence electrons. The molecule has 0 aromatic carbocycles. The van der Waals surface area contributed by atoms with Crippen molar-refractivity contribution in [2.24, 2.45) is 11.5 Å². The van der Waals surface area contributed by atoms with Crippen LogP contribution in [-0.4, -0.2) is 25.3 Å². The lowest BCUT2D eigenvalue weighted by Crippen LogP contribution is -2.17. The molecule has 1 aliphatic rings. The predicted molar refractivity (Wildman–Crippen MR) is 45.2 cm³/mol. The van der Waals surface area contributed by atoms with Crippen LogP contribution in [-0.2, 0) is 4.74 Å². The second kappa shape index (κ2) is 4.70. The monoisotopic (exact) mass is 158 g/mol. The number of hydrogen-bond acceptors (Lipinski definition) is 3. The molecule has 3 nitrogen and oxygen atoms in total. The molecule has 1 heterocycles. The predicted octanol–water partition coefficient (Wildman–Crippen LogP) is 0.232. The van der Waals surface area contributed by atoms with Crippen molar-refractivity contribution in [3.63, 3.8) is 0 Å². The van der Waals surface area contributed by atoms with E-state index in [4.69, 9.17) is 16.2 Å². The van der Waals surface area contributed by atoms with Crippen molar-refractivity contribution in [3.05, 3.63) is 0 Å². The van der Waals surface area contributed by atoms with E-state index in [1.807, 2.05) is 0 Å². The maximum Gasteiger partial charge on any atom is 0.0591 e. The molecule has 0 radical (unpaired) electrons. The Hall–Kier alpha value is -0.120. The Labute approximate surface area is 68.1 Å². The summed E-state index contributed by atoms with van der Waals surface area (Å²) in [6.45, 7) is 1.47. The minimum atomic E-state index is 0.413. The quantitative estimate of drug-likeness (QED) is 0.615. The van der Waals surface area contributed by atoms with Gasteiger partial charge in [-0.1, -0.05) is 0 Å². The van der Waals surface area contributed by atoms with Gasteiger partial charge in [-0.3, -0.25) is 0 Å². The van der Waals surface area contributed by atoms with Gasteiger partial charge in [0.25, 0.3) is 0 Å². The molecule has 3 heteroatoms. The fourth-order valence-corrected chi connectivity index (χ4v) is 1.58. The van der Waals surface area contributed by atoms with Gasteiger partial charge in [0.1, 0.15) is 0 Å². The largest absolute Gasteiger partial charge is 0.375 e. The summed E-state index contributed by atoms with van der Waals surface area (Å²) in [5.41, 5.74) is 10.8. The van der Waals surface area contributed by atoms with Gasteiger partial charge in [0.2, 0.25) is 0 Å². The van der Waals surface area contributed by atoms with Crippen LogP contribution in [0.3, 0.4) is 0 Å². The van der Waals surface area contributed by atoms with E-state index in [1.165, 1.54) is 12.8 Å². The van der Waals surface area contributed by atoms with Crippen molar-refractivity contribution in [1.82, 2.24) is 0 Å². The van der Waals surface area contributed by atoms with Crippen molar-refractivity contribution in [2.75, 3.05) is 13.1 Å². The van der Waals surface area contributed by atoms with Gasteiger partial charge in [0, 0.05) is 0 Å². The zero-order valence-corrected chi connectivity index (χ0v) is 6.96. The van der Waals surface area contributed by atoms with E-state index in [0.29, 0.717) is 12.2 Å². The third-order valence-corrected chi connectivity index (χ3v) is 2.17. The van der Waals surface area contributed by atoms with Crippen LogP contribution in [0.2, 0.25) is 0 Å². The van der Waals surface area contributed by atoms with Gasteiger partial charge in [-0.25, -0.2) is 0 Å². The van der Waals surface area contributed by atoms with Gasteiger partial charge in [-0.05, 0) is 38.8 Å². The van der Waals surface area contributed by atoms with E-state index in [0.717, 1.165) is 25.9 Å². The summed E-state index contributed by atoms with van der Waals surface area (Å²) in [5.74, 6) is 0. The summed E-state index contributed by atoms with van der Waals surface area (Å²) < 4.78 is 5.68. The van der Waals surface area contributed by atoms with Crippen LogP contribution in [0.4, 0.5) is 0 Å². The highest BCUT2D eigenvalue weighted by molar-refractivity contribution is 4.73. The van der Waals surface area contributed by atoms with Crippen molar-refractivity contribution in [1.29, 1.82) is 0 Å². The molecule has 0 aliphatic carbocycles. The molecule has 1 saturated heterocycles. The first-order valence-corrected chi connectivity index (χ1v) is 4.42. The number of rotatable bonds is 4. The Bertz CT molecular complexity index is 96.3. The second-order valence-electron chi connectivity index (χ2n) is 3.11. The lowest BCUT2D eigenvalue weighted by Gasteiger charge is -2.11. The van der Waals surface area contributed by atoms with Gasteiger partial charge in [-0.2, -0.15) is 0 Å². The smallest absolute Gasteiger partial charge is 0.0591 e. The lowest BCUT2D eigenvalue weighted by molar-refractivity contribution is 0.0390. The molecule has 1 fully saturated rings. The molecule has 0 saturated carbocycles. The Balaban J connectivity index is 2.12. The number of hydrogen-bond donors (Lipinski definition) is 2. The minimum Gasteiger partial charge on any atom is -0.375 e. The van der Waals surface area contributed by atoms with E-state index < -0.39 is 0 Å². The normalized spacial score (nSPS) is 31.1. The van der Waals surface area contributed by atoms with Crippen molar-refractivity contribution in [2.45, 2.75) is 37.9 Å². The van der Waals surface area contributed by atoms with Crippen molar-refractivity contribution >= 4 is 0 Å². The maximum atomic E-state index is 5.68. The Morgan fingerprint density at radius 3 is 1.82 bits per heavy atom. The summed E-state index contributed by atoms with van der Waals surface area (Å²) in [6, 6.07) is 0. The van der Waals surface area contributed by atoms with E-state index in [-0.39, 0.29) is 0 Å². The van der Waals surface area contributed by atoms with Gasteiger partial charge in [0.05, 0.1) is 12.2 Å². The molecule has 1 rings (SSSR count). The molecule has 2 atom stereocenters. The highest BCUT2D eigenvalue weighted by Crippen LogP contribution is 2.23. The maximum absolute atomic E-state index is 5.68. The fourth-order valence-electron chi connectivity index (χ4n) is 1.58. The van der Waals surface area contributed by atoms with Crippen molar-refractivity contribution in [3.8, 4) is 0 Å². The van der Waals surface area contributed by atoms with Gasteiger partial charge < -0.3 is 16.2 Å². The van der Waals surface area contributed by atoms with Crippen LogP contribution >= 0.6 is 0 Å². The minimum absolute atomic E-state index is 0.413. The van der Waals surface area contributed by atoms with Gasteiger partial charge in [0.15, 0.2) is 0 Å². The highest BCUT2D eigenvalue weighted by Gasteiger charge is 2.23. The zero-order chi connectivity index (χ0) is 8.10. The zero-order valence-electron chi connectivity index (χ0n) is 6.96. The first-order valence-electron chi connectivity index (χ1n) is 4.42. The van der Waals surface area contributed by atoms with Gasteiger partial charge >= 0.3 is 0 Å². The summed E-state index contributed by atoms with van der Waals surface area (Å²) in [6.07, 6.45) is 5.17. The molecule has 4 N–H and O–H groups in total. The standard InChI is InChI=1S/C8H18N2O/c9-5-3-7-1-2-8(11-7)4-6-10/h7-8H,1-6,9-10H2. The van der Waals surface area contributed by atoms with E-state index in [9.17, 15) is 0 Å². The summed E-state index contributed by atoms with van der Waals surface area (Å²) >= 11 is 0. The second-order valence-corrected chi connectivity index (χ2v) is 3.11. The van der Waals surface area contributed by atoms with Crippen LogP contribution in [0.15, 0.2) is 0 Å². The molecular formula is C8H18N2O. The van der Waals surface area contributed by atoms with Crippen molar-refractivity contribution < 1.29 is 4.74 Å². The first kappa shape index (κ1) is 8.97. The summed E-state index contributed by atoms with van der Waals surface area (Å²) in [4.78, 5) is 0. The molecule has 1 aliphatic heterocycles. The van der Waals surface area contributed by atoms with Crippen LogP contribution in [0.25, 0.3) is 0 Å². The number of nitrogens with two attached hydrogens (primary N) is 2. The molecule has 0 bridgehead atoms. The summed E-state index contributed by atoms with van der Waals surface area (Å²) in [7, 11) is 0. The van der Waals surface area contributed by atoms with Crippen LogP contribution in [0.5, 0.6) is 0 Å². The molecule has 11 heavy (non-hydrogen) atoms. The third kappa shape index (κ3) is 2.77. The van der Waals surface area contributed by atoms with Gasteiger partial charge in [-0.15, -0.1) is 0 Å². The molecular weight excluding hydrogens is 140 g/mol. The first-order chi connectivity index (χ1) is 5.36. The Morgan fingerprint density at radius 2 is 1.45 bits per heavy atom. The van der Waals surface area contributed by atoms with Crippen LogP contribution < -0.4 is 11.5 Å². The molecule has 0 aromatic rings. The van der Waals surface area contributed by atoms with Crippen LogP contribution in [0.1, 0.15) is 25.7 Å². The molecule has 0 amide bonds. The Kier molecular flexibility index (Phi) is 3.83. The Morgan fingerprint density at radius 1 is 1.00 bits per heavy atom. The topological polar surface area (TPSA) is 61.3 Å². The molecule has 0 aromatic heterocycles. The van der Waals surface area contributed by atoms with E-state index in [1.54, 1.807) is 0 Å². The number of ether oxygens (including phenoxy) is 1.